The highest BCUT2D eigenvalue weighted by molar-refractivity contribution is 14.1. The zero-order valence-corrected chi connectivity index (χ0v) is 10.8. The summed E-state index contributed by atoms with van der Waals surface area (Å²) in [7, 11) is 2.51. The Bertz CT molecular complexity index is 60.0. The van der Waals surface area contributed by atoms with Crippen molar-refractivity contribution in [2.75, 3.05) is 7.05 Å². The molecular formula is C4H14INSi2. The maximum absolute atomic E-state index is 2.59. The Morgan fingerprint density at radius 3 is 2.12 bits per heavy atom. The molecular weight excluding hydrogens is 245 g/mol. The molecule has 8 heavy (non-hydrogen) atoms. The lowest BCUT2D eigenvalue weighted by atomic mass is 10.4. The number of hydrogen-bond donors (Lipinski definition) is 0. The van der Waals surface area contributed by atoms with Gasteiger partial charge in [0.05, 0.1) is 15.7 Å². The molecule has 0 heterocycles. The molecule has 0 radical (unpaired) electrons. The van der Waals surface area contributed by atoms with Gasteiger partial charge in [0.2, 0.25) is 0 Å². The standard InChI is InChI=1S/C4H14INSi2/c1-4(2)6(3)8-7-5/h4H,7-8H2,1-3H3. The summed E-state index contributed by atoms with van der Waals surface area (Å²) in [6.45, 7) is 4.90. The highest BCUT2D eigenvalue weighted by Gasteiger charge is 1.99. The lowest BCUT2D eigenvalue weighted by molar-refractivity contribution is 0.448. The van der Waals surface area contributed by atoms with E-state index >= 15 is 0 Å². The van der Waals surface area contributed by atoms with Crippen molar-refractivity contribution >= 4 is 37.5 Å². The quantitative estimate of drug-likeness (QED) is 0.387. The van der Waals surface area contributed by atoms with Crippen LogP contribution < -0.4 is 0 Å². The summed E-state index contributed by atoms with van der Waals surface area (Å²) >= 11 is 2.59. The van der Waals surface area contributed by atoms with Gasteiger partial charge in [-0.2, -0.15) is 0 Å². The Morgan fingerprint density at radius 2 is 2.00 bits per heavy atom. The summed E-state index contributed by atoms with van der Waals surface area (Å²) in [5, 5.41) is 0. The normalized spacial score (nSPS) is 14.2. The van der Waals surface area contributed by atoms with E-state index in [0.29, 0.717) is 6.53 Å². The Hall–Kier alpha value is 1.12. The summed E-state index contributed by atoms with van der Waals surface area (Å²) in [6, 6.07) is 0.795. The zero-order chi connectivity index (χ0) is 6.57. The lowest BCUT2D eigenvalue weighted by Gasteiger charge is -2.18. The van der Waals surface area contributed by atoms with Gasteiger partial charge in [0.25, 0.3) is 0 Å². The van der Waals surface area contributed by atoms with Gasteiger partial charge in [0, 0.05) is 0 Å². The van der Waals surface area contributed by atoms with Gasteiger partial charge in [-0.05, 0) is 13.1 Å². The summed E-state index contributed by atoms with van der Waals surface area (Å²) in [4.78, 5) is 0. The van der Waals surface area contributed by atoms with E-state index in [1.807, 2.05) is 0 Å². The van der Waals surface area contributed by atoms with E-state index in [0.717, 1.165) is 6.04 Å². The third kappa shape index (κ3) is 4.05. The van der Waals surface area contributed by atoms with Gasteiger partial charge in [-0.15, -0.1) is 21.8 Å². The largest absolute Gasteiger partial charge is 0.332 e. The van der Waals surface area contributed by atoms with Crippen molar-refractivity contribution in [2.24, 2.45) is 0 Å². The highest BCUT2D eigenvalue weighted by Crippen LogP contribution is 1.89. The molecule has 0 spiro atoms. The SMILES string of the molecule is CC(C)N(C)[SiH2][SiH2]I. The molecule has 0 aliphatic carbocycles. The van der Waals surface area contributed by atoms with Crippen LogP contribution in [-0.4, -0.2) is 33.4 Å². The minimum absolute atomic E-state index is 0.257. The van der Waals surface area contributed by atoms with Gasteiger partial charge in [0.1, 0.15) is 0 Å². The Kier molecular flexibility index (Phi) is 5.65. The van der Waals surface area contributed by atoms with Gasteiger partial charge >= 0.3 is 0 Å². The molecule has 0 fully saturated rings. The van der Waals surface area contributed by atoms with E-state index in [9.17, 15) is 0 Å². The fourth-order valence-electron chi connectivity index (χ4n) is 0.392. The Morgan fingerprint density at radius 1 is 1.50 bits per heavy atom. The second-order valence-corrected chi connectivity index (χ2v) is 16.3. The van der Waals surface area contributed by atoms with E-state index in [-0.39, 0.29) is 9.20 Å². The fourth-order valence-corrected chi connectivity index (χ4v) is 10.4. The molecule has 0 atom stereocenters. The topological polar surface area (TPSA) is 3.24 Å². The van der Waals surface area contributed by atoms with Gasteiger partial charge < -0.3 is 4.57 Å². The number of hydrogen-bond acceptors (Lipinski definition) is 1. The van der Waals surface area contributed by atoms with Crippen LogP contribution in [0.25, 0.3) is 0 Å². The van der Waals surface area contributed by atoms with E-state index in [4.69, 9.17) is 0 Å². The molecule has 0 aromatic heterocycles. The third-order valence-corrected chi connectivity index (χ3v) is 9.89. The molecule has 0 N–H and O–H groups in total. The number of nitrogens with zero attached hydrogens (tertiary/aromatic N) is 1. The van der Waals surface area contributed by atoms with Crippen molar-refractivity contribution in [3.63, 3.8) is 0 Å². The highest BCUT2D eigenvalue weighted by atomic mass is 127. The molecule has 0 amide bonds. The molecule has 50 valence electrons. The second-order valence-electron chi connectivity index (χ2n) is 2.26. The zero-order valence-electron chi connectivity index (χ0n) is 5.82. The molecule has 0 aliphatic heterocycles. The average Bonchev–Trinajstić information content (AvgIpc) is 1.67. The van der Waals surface area contributed by atoms with Crippen molar-refractivity contribution in [3.05, 3.63) is 0 Å². The van der Waals surface area contributed by atoms with Crippen LogP contribution in [-0.2, 0) is 0 Å². The van der Waals surface area contributed by atoms with E-state index in [1.54, 1.807) is 0 Å². The summed E-state index contributed by atoms with van der Waals surface area (Å²) in [5.74, 6) is 0. The molecule has 0 aliphatic rings. The van der Waals surface area contributed by atoms with Crippen molar-refractivity contribution in [1.82, 2.24) is 4.57 Å². The first kappa shape index (κ1) is 9.12. The number of rotatable bonds is 3. The molecule has 0 rings (SSSR count). The summed E-state index contributed by atoms with van der Waals surface area (Å²) in [5.41, 5.74) is 0. The predicted octanol–water partition coefficient (Wildman–Crippen LogP) is -0.156. The van der Waals surface area contributed by atoms with Crippen molar-refractivity contribution in [3.8, 4) is 0 Å². The molecule has 1 nitrogen and oxygen atoms in total. The van der Waals surface area contributed by atoms with Gasteiger partial charge in [-0.1, -0.05) is 13.8 Å². The Labute approximate surface area is 68.9 Å². The van der Waals surface area contributed by atoms with Crippen LogP contribution >= 0.6 is 21.8 Å². The molecule has 0 saturated carbocycles. The van der Waals surface area contributed by atoms with Crippen LogP contribution in [0.3, 0.4) is 0 Å². The van der Waals surface area contributed by atoms with Gasteiger partial charge in [0.15, 0.2) is 0 Å². The van der Waals surface area contributed by atoms with Gasteiger partial charge in [-0.25, -0.2) is 0 Å². The molecule has 0 saturated heterocycles. The maximum atomic E-state index is 2.59. The second kappa shape index (κ2) is 4.95. The first-order chi connectivity index (χ1) is 3.68. The van der Waals surface area contributed by atoms with E-state index in [2.05, 4.69) is 47.3 Å². The molecule has 0 aromatic rings. The van der Waals surface area contributed by atoms with Crippen LogP contribution in [0.1, 0.15) is 13.8 Å². The maximum Gasteiger partial charge on any atom is 0.0973 e. The smallest absolute Gasteiger partial charge is 0.0973 e. The van der Waals surface area contributed by atoms with Crippen molar-refractivity contribution in [2.45, 2.75) is 19.9 Å². The van der Waals surface area contributed by atoms with Crippen LogP contribution in [0, 0.1) is 0 Å². The number of halogens is 1. The summed E-state index contributed by atoms with van der Waals surface area (Å²) in [6.07, 6.45) is 0. The average molecular weight is 259 g/mol. The first-order valence-electron chi connectivity index (χ1n) is 2.94. The van der Waals surface area contributed by atoms with Crippen LogP contribution in [0.15, 0.2) is 0 Å². The first-order valence-corrected chi connectivity index (χ1v) is 12.7. The molecule has 0 bridgehead atoms. The molecule has 0 aromatic carbocycles. The third-order valence-electron chi connectivity index (χ3n) is 1.32. The van der Waals surface area contributed by atoms with Crippen LogP contribution in [0.5, 0.6) is 0 Å². The molecule has 4 heteroatoms. The monoisotopic (exact) mass is 259 g/mol. The van der Waals surface area contributed by atoms with E-state index < -0.39 is 0 Å². The molecule has 0 unspecified atom stereocenters. The minimum Gasteiger partial charge on any atom is -0.332 e. The minimum atomic E-state index is 0.257. The van der Waals surface area contributed by atoms with E-state index in [1.165, 1.54) is 0 Å². The summed E-state index contributed by atoms with van der Waals surface area (Å²) < 4.78 is 2.54. The lowest BCUT2D eigenvalue weighted by Crippen LogP contribution is -2.32. The fraction of sp³-hybridized carbons (Fsp3) is 1.00. The predicted molar refractivity (Wildman–Crippen MR) is 54.0 cm³/mol. The van der Waals surface area contributed by atoms with Crippen LogP contribution in [0.4, 0.5) is 0 Å². The van der Waals surface area contributed by atoms with Crippen molar-refractivity contribution < 1.29 is 0 Å². The Balaban J connectivity index is 3.17. The van der Waals surface area contributed by atoms with Gasteiger partial charge in [-0.3, -0.25) is 0 Å². The van der Waals surface area contributed by atoms with Crippen molar-refractivity contribution in [1.29, 1.82) is 0 Å². The van der Waals surface area contributed by atoms with Crippen LogP contribution in [0.2, 0.25) is 0 Å².